The highest BCUT2D eigenvalue weighted by atomic mass is 16.3. The van der Waals surface area contributed by atoms with Gasteiger partial charge in [0.2, 0.25) is 0 Å². The third-order valence-corrected chi connectivity index (χ3v) is 7.85. The summed E-state index contributed by atoms with van der Waals surface area (Å²) >= 11 is 0. The molecule has 3 amide bonds. The van der Waals surface area contributed by atoms with E-state index in [9.17, 15) is 14.7 Å². The molecule has 2 saturated carbocycles. The van der Waals surface area contributed by atoms with Gasteiger partial charge in [0.25, 0.3) is 5.91 Å². The van der Waals surface area contributed by atoms with Gasteiger partial charge in [-0.05, 0) is 79.5 Å². The molecule has 4 unspecified atom stereocenters. The number of hydrogen-bond acceptors (Lipinski definition) is 3. The number of phenolic OH excluding ortho intramolecular Hbond substituents is 1. The third-order valence-electron chi connectivity index (χ3n) is 7.85. The lowest BCUT2D eigenvalue weighted by Crippen LogP contribution is -2.59. The fourth-order valence-corrected chi connectivity index (χ4v) is 6.68. The van der Waals surface area contributed by atoms with Crippen molar-refractivity contribution in [2.24, 2.45) is 17.3 Å². The van der Waals surface area contributed by atoms with Gasteiger partial charge in [-0.1, -0.05) is 13.0 Å². The predicted molar refractivity (Wildman–Crippen MR) is 92.1 cm³/mol. The Bertz CT molecular complexity index is 791. The number of fused-ring (bicyclic) bond motifs is 6. The van der Waals surface area contributed by atoms with Gasteiger partial charge in [0, 0.05) is 5.41 Å². The van der Waals surface area contributed by atoms with Gasteiger partial charge in [-0.2, -0.15) is 0 Å². The van der Waals surface area contributed by atoms with Gasteiger partial charge in [0.1, 0.15) is 11.3 Å². The lowest BCUT2D eigenvalue weighted by molar-refractivity contribution is -0.130. The maximum absolute atomic E-state index is 12.6. The van der Waals surface area contributed by atoms with E-state index in [0.717, 1.165) is 38.5 Å². The van der Waals surface area contributed by atoms with Gasteiger partial charge < -0.3 is 10.4 Å². The quantitative estimate of drug-likeness (QED) is 0.636. The monoisotopic (exact) mass is 340 g/mol. The van der Waals surface area contributed by atoms with Crippen molar-refractivity contribution < 1.29 is 14.7 Å². The van der Waals surface area contributed by atoms with Crippen LogP contribution >= 0.6 is 0 Å². The number of phenols is 1. The van der Waals surface area contributed by atoms with Crippen LogP contribution in [0.15, 0.2) is 18.2 Å². The molecule has 132 valence electrons. The summed E-state index contributed by atoms with van der Waals surface area (Å²) < 4.78 is 0. The van der Waals surface area contributed by atoms with Crippen molar-refractivity contribution in [3.63, 3.8) is 0 Å². The zero-order valence-electron chi connectivity index (χ0n) is 14.5. The standard InChI is InChI=1S/C20H24N2O3/c1-19-8-6-14-13-5-3-12(23)10-11(13)2-4-15(14)16(19)7-9-20(19)17(24)21-18(25)22-20/h3,5,10,14-16,23H,2,4,6-9H2,1H3,(H2,21,22,24,25)/t14?,15?,16?,19-,20?/m0/s1. The van der Waals surface area contributed by atoms with Crippen LogP contribution in [0.4, 0.5) is 4.79 Å². The lowest BCUT2D eigenvalue weighted by Gasteiger charge is -2.52. The molecular formula is C20H24N2O3. The summed E-state index contributed by atoms with van der Waals surface area (Å²) in [6, 6.07) is 5.48. The van der Waals surface area contributed by atoms with Gasteiger partial charge >= 0.3 is 6.03 Å². The first-order chi connectivity index (χ1) is 11.9. The zero-order chi connectivity index (χ0) is 17.4. The van der Waals surface area contributed by atoms with Crippen LogP contribution in [0.2, 0.25) is 0 Å². The van der Waals surface area contributed by atoms with Crippen LogP contribution in [0.25, 0.3) is 0 Å². The Morgan fingerprint density at radius 3 is 2.76 bits per heavy atom. The maximum Gasteiger partial charge on any atom is 0.322 e. The van der Waals surface area contributed by atoms with Gasteiger partial charge in [0.05, 0.1) is 0 Å². The number of nitrogens with one attached hydrogen (secondary N) is 2. The number of urea groups is 1. The average molecular weight is 340 g/mol. The first-order valence-electron chi connectivity index (χ1n) is 9.40. The number of hydrogen-bond donors (Lipinski definition) is 3. The zero-order valence-corrected chi connectivity index (χ0v) is 14.5. The molecule has 1 aromatic carbocycles. The van der Waals surface area contributed by atoms with E-state index < -0.39 is 5.54 Å². The SMILES string of the molecule is C[C@]12CCC3c4ccc(O)cc4CCC3C1CCC21NC(=O)NC1=O. The molecule has 0 radical (unpaired) electrons. The van der Waals surface area contributed by atoms with Crippen molar-refractivity contribution in [2.45, 2.75) is 56.9 Å². The Labute approximate surface area is 147 Å². The topological polar surface area (TPSA) is 78.4 Å². The molecule has 1 aliphatic heterocycles. The maximum atomic E-state index is 12.6. The van der Waals surface area contributed by atoms with E-state index in [2.05, 4.69) is 23.6 Å². The number of benzene rings is 1. The molecule has 5 heteroatoms. The molecule has 3 N–H and O–H groups in total. The average Bonchev–Trinajstić information content (AvgIpc) is 3.04. The summed E-state index contributed by atoms with van der Waals surface area (Å²) in [5, 5.41) is 15.3. The van der Waals surface area contributed by atoms with Crippen LogP contribution in [0.3, 0.4) is 0 Å². The Kier molecular flexibility index (Phi) is 2.91. The minimum absolute atomic E-state index is 0.123. The normalized spacial score (nSPS) is 41.7. The molecule has 5 nitrogen and oxygen atoms in total. The fraction of sp³-hybridized carbons (Fsp3) is 0.600. The molecule has 5 rings (SSSR count). The molecule has 0 aromatic heterocycles. The van der Waals surface area contributed by atoms with Crippen molar-refractivity contribution >= 4 is 11.9 Å². The number of imide groups is 1. The first-order valence-corrected chi connectivity index (χ1v) is 9.40. The Hall–Kier alpha value is -2.04. The summed E-state index contributed by atoms with van der Waals surface area (Å²) in [6.45, 7) is 2.22. The van der Waals surface area contributed by atoms with Crippen molar-refractivity contribution in [1.82, 2.24) is 10.6 Å². The number of amides is 3. The minimum Gasteiger partial charge on any atom is -0.508 e. The smallest absolute Gasteiger partial charge is 0.322 e. The molecule has 5 atom stereocenters. The predicted octanol–water partition coefficient (Wildman–Crippen LogP) is 2.83. The molecule has 1 aromatic rings. The van der Waals surface area contributed by atoms with E-state index in [1.165, 1.54) is 11.1 Å². The van der Waals surface area contributed by atoms with Crippen molar-refractivity contribution in [3.05, 3.63) is 29.3 Å². The number of carbonyl (C=O) groups is 2. The molecule has 3 fully saturated rings. The fourth-order valence-electron chi connectivity index (χ4n) is 6.68. The largest absolute Gasteiger partial charge is 0.508 e. The van der Waals surface area contributed by atoms with Gasteiger partial charge in [-0.25, -0.2) is 4.79 Å². The van der Waals surface area contributed by atoms with E-state index in [0.29, 0.717) is 23.5 Å². The summed E-state index contributed by atoms with van der Waals surface area (Å²) in [7, 11) is 0. The van der Waals surface area contributed by atoms with Crippen LogP contribution in [-0.4, -0.2) is 22.6 Å². The van der Waals surface area contributed by atoms with Gasteiger partial charge in [-0.3, -0.25) is 10.1 Å². The number of rotatable bonds is 0. The van der Waals surface area contributed by atoms with E-state index in [4.69, 9.17) is 0 Å². The van der Waals surface area contributed by atoms with Gasteiger partial charge in [-0.15, -0.1) is 0 Å². The highest BCUT2D eigenvalue weighted by Crippen LogP contribution is 2.64. The van der Waals surface area contributed by atoms with Crippen LogP contribution < -0.4 is 10.6 Å². The number of aromatic hydroxyl groups is 1. The molecule has 1 saturated heterocycles. The third kappa shape index (κ3) is 1.79. The Morgan fingerprint density at radius 2 is 2.00 bits per heavy atom. The summed E-state index contributed by atoms with van der Waals surface area (Å²) in [5.74, 6) is 1.75. The van der Waals surface area contributed by atoms with Crippen LogP contribution in [0, 0.1) is 17.3 Å². The number of aryl methyl sites for hydroxylation is 1. The van der Waals surface area contributed by atoms with Crippen LogP contribution in [0.1, 0.15) is 56.1 Å². The van der Waals surface area contributed by atoms with E-state index in [1.807, 2.05) is 6.07 Å². The second kappa shape index (κ2) is 4.77. The van der Waals surface area contributed by atoms with Crippen molar-refractivity contribution in [2.75, 3.05) is 0 Å². The van der Waals surface area contributed by atoms with Crippen molar-refractivity contribution in [1.29, 1.82) is 0 Å². The van der Waals surface area contributed by atoms with Crippen LogP contribution in [-0.2, 0) is 11.2 Å². The Balaban J connectivity index is 1.53. The van der Waals surface area contributed by atoms with Crippen LogP contribution in [0.5, 0.6) is 5.75 Å². The molecule has 0 bridgehead atoms. The van der Waals surface area contributed by atoms with E-state index >= 15 is 0 Å². The second-order valence-electron chi connectivity index (χ2n) is 8.61. The highest BCUT2D eigenvalue weighted by Gasteiger charge is 2.67. The number of carbonyl (C=O) groups excluding carboxylic acids is 2. The summed E-state index contributed by atoms with van der Waals surface area (Å²) in [5.41, 5.74) is 1.79. The van der Waals surface area contributed by atoms with E-state index in [1.54, 1.807) is 6.07 Å². The minimum atomic E-state index is -0.713. The second-order valence-corrected chi connectivity index (χ2v) is 8.61. The lowest BCUT2D eigenvalue weighted by atomic mass is 9.52. The first kappa shape index (κ1) is 15.2. The molecule has 1 spiro atoms. The highest BCUT2D eigenvalue weighted by molar-refractivity contribution is 6.07. The Morgan fingerprint density at radius 1 is 1.16 bits per heavy atom. The molecule has 4 aliphatic rings. The molecular weight excluding hydrogens is 316 g/mol. The summed E-state index contributed by atoms with van der Waals surface area (Å²) in [6.07, 6.45) is 5.83. The molecule has 1 heterocycles. The van der Waals surface area contributed by atoms with Crippen molar-refractivity contribution in [3.8, 4) is 5.75 Å². The van der Waals surface area contributed by atoms with Gasteiger partial charge in [0.15, 0.2) is 0 Å². The summed E-state index contributed by atoms with van der Waals surface area (Å²) in [4.78, 5) is 24.5. The molecule has 3 aliphatic carbocycles. The van der Waals surface area contributed by atoms with E-state index in [-0.39, 0.29) is 17.4 Å². The molecule has 25 heavy (non-hydrogen) atoms.